The number of hydrogen-bond donors (Lipinski definition) is 2. The molecule has 0 heterocycles. The second-order valence-corrected chi connectivity index (χ2v) is 5.39. The zero-order valence-corrected chi connectivity index (χ0v) is 12.5. The van der Waals surface area contributed by atoms with Crippen LogP contribution in [0.1, 0.15) is 24.5 Å². The summed E-state index contributed by atoms with van der Waals surface area (Å²) in [5.74, 6) is -0.825. The molecular weight excluding hydrogens is 262 g/mol. The fourth-order valence-corrected chi connectivity index (χ4v) is 2.40. The van der Waals surface area contributed by atoms with Crippen molar-refractivity contribution in [1.82, 2.24) is 0 Å². The normalized spacial score (nSPS) is 13.4. The Morgan fingerprint density at radius 2 is 1.71 bits per heavy atom. The Morgan fingerprint density at radius 1 is 1.10 bits per heavy atom. The molecule has 0 aliphatic rings. The number of carboxylic acids is 1. The van der Waals surface area contributed by atoms with Crippen molar-refractivity contribution in [3.8, 4) is 0 Å². The molecule has 3 heteroatoms. The van der Waals surface area contributed by atoms with Crippen molar-refractivity contribution in [1.29, 1.82) is 0 Å². The SMILES string of the molecule is CCC(Cc1ccccc1)(Nc1ccc(C)cc1)C(=O)O. The Hall–Kier alpha value is -2.29. The van der Waals surface area contributed by atoms with Gasteiger partial charge in [0.2, 0.25) is 0 Å². The van der Waals surface area contributed by atoms with Gasteiger partial charge in [0.15, 0.2) is 0 Å². The molecule has 1 unspecified atom stereocenters. The van der Waals surface area contributed by atoms with E-state index in [9.17, 15) is 9.90 Å². The number of nitrogens with one attached hydrogen (secondary N) is 1. The number of anilines is 1. The highest BCUT2D eigenvalue weighted by Gasteiger charge is 2.36. The summed E-state index contributed by atoms with van der Waals surface area (Å²) in [6.45, 7) is 3.91. The van der Waals surface area contributed by atoms with Crippen LogP contribution in [0.2, 0.25) is 0 Å². The van der Waals surface area contributed by atoms with Crippen LogP contribution in [0.4, 0.5) is 5.69 Å². The van der Waals surface area contributed by atoms with Gasteiger partial charge in [0.25, 0.3) is 0 Å². The van der Waals surface area contributed by atoms with Crippen molar-refractivity contribution >= 4 is 11.7 Å². The molecule has 0 bridgehead atoms. The third-order valence-electron chi connectivity index (χ3n) is 3.80. The number of aliphatic carboxylic acids is 1. The van der Waals surface area contributed by atoms with Crippen LogP contribution in [-0.2, 0) is 11.2 Å². The van der Waals surface area contributed by atoms with Crippen molar-refractivity contribution in [2.45, 2.75) is 32.2 Å². The van der Waals surface area contributed by atoms with E-state index >= 15 is 0 Å². The van der Waals surface area contributed by atoms with Crippen LogP contribution in [0.3, 0.4) is 0 Å². The Kier molecular flexibility index (Phi) is 4.63. The standard InChI is InChI=1S/C18H21NO2/c1-3-18(17(20)21,13-15-7-5-4-6-8-15)19-16-11-9-14(2)10-12-16/h4-12,19H,3,13H2,1-2H3,(H,20,21). The highest BCUT2D eigenvalue weighted by atomic mass is 16.4. The fourth-order valence-electron chi connectivity index (χ4n) is 2.40. The number of carbonyl (C=O) groups is 1. The van der Waals surface area contributed by atoms with Crippen LogP contribution in [-0.4, -0.2) is 16.6 Å². The second-order valence-electron chi connectivity index (χ2n) is 5.39. The first kappa shape index (κ1) is 15.1. The Labute approximate surface area is 125 Å². The highest BCUT2D eigenvalue weighted by Crippen LogP contribution is 2.24. The minimum Gasteiger partial charge on any atom is -0.479 e. The zero-order chi connectivity index (χ0) is 15.3. The van der Waals surface area contributed by atoms with Crippen molar-refractivity contribution < 1.29 is 9.90 Å². The molecule has 2 aromatic carbocycles. The van der Waals surface area contributed by atoms with Crippen molar-refractivity contribution in [3.63, 3.8) is 0 Å². The van der Waals surface area contributed by atoms with E-state index in [1.807, 2.05) is 68.4 Å². The number of rotatable bonds is 6. The van der Waals surface area contributed by atoms with Gasteiger partial charge in [-0.15, -0.1) is 0 Å². The number of aryl methyl sites for hydroxylation is 1. The summed E-state index contributed by atoms with van der Waals surface area (Å²) in [5.41, 5.74) is 2.01. The van der Waals surface area contributed by atoms with Gasteiger partial charge in [0.05, 0.1) is 0 Å². The molecule has 1 atom stereocenters. The molecule has 0 saturated heterocycles. The minimum atomic E-state index is -0.989. The maximum absolute atomic E-state index is 11.9. The molecule has 0 radical (unpaired) electrons. The van der Waals surface area contributed by atoms with E-state index in [-0.39, 0.29) is 0 Å². The van der Waals surface area contributed by atoms with E-state index in [4.69, 9.17) is 0 Å². The molecule has 0 fully saturated rings. The van der Waals surface area contributed by atoms with Gasteiger partial charge < -0.3 is 10.4 Å². The van der Waals surface area contributed by atoms with Crippen molar-refractivity contribution in [2.75, 3.05) is 5.32 Å². The van der Waals surface area contributed by atoms with Gasteiger partial charge in [-0.2, -0.15) is 0 Å². The lowest BCUT2D eigenvalue weighted by Gasteiger charge is -2.31. The molecule has 2 aromatic rings. The molecule has 3 nitrogen and oxygen atoms in total. The smallest absolute Gasteiger partial charge is 0.329 e. The first-order valence-electron chi connectivity index (χ1n) is 7.18. The molecule has 0 aliphatic heterocycles. The predicted octanol–water partition coefficient (Wildman–Crippen LogP) is 3.88. The predicted molar refractivity (Wildman–Crippen MR) is 85.6 cm³/mol. The van der Waals surface area contributed by atoms with E-state index in [0.29, 0.717) is 12.8 Å². The largest absolute Gasteiger partial charge is 0.479 e. The second kappa shape index (κ2) is 6.44. The first-order chi connectivity index (χ1) is 10.1. The topological polar surface area (TPSA) is 49.3 Å². The van der Waals surface area contributed by atoms with Crippen LogP contribution in [0.15, 0.2) is 54.6 Å². The van der Waals surface area contributed by atoms with Crippen LogP contribution in [0.5, 0.6) is 0 Å². The lowest BCUT2D eigenvalue weighted by atomic mass is 9.87. The number of hydrogen-bond acceptors (Lipinski definition) is 2. The molecule has 2 rings (SSSR count). The third-order valence-corrected chi connectivity index (χ3v) is 3.80. The van der Waals surface area contributed by atoms with Gasteiger partial charge in [-0.25, -0.2) is 4.79 Å². The summed E-state index contributed by atoms with van der Waals surface area (Å²) in [4.78, 5) is 11.9. The molecule has 110 valence electrons. The van der Waals surface area contributed by atoms with Gasteiger partial charge in [0.1, 0.15) is 5.54 Å². The maximum atomic E-state index is 11.9. The summed E-state index contributed by atoms with van der Waals surface area (Å²) < 4.78 is 0. The molecule has 0 aliphatic carbocycles. The van der Waals surface area contributed by atoms with Crippen LogP contribution in [0.25, 0.3) is 0 Å². The first-order valence-corrected chi connectivity index (χ1v) is 7.18. The lowest BCUT2D eigenvalue weighted by Crippen LogP contribution is -2.47. The molecular formula is C18H21NO2. The summed E-state index contributed by atoms with van der Waals surface area (Å²) in [6, 6.07) is 17.5. The molecule has 0 saturated carbocycles. The summed E-state index contributed by atoms with van der Waals surface area (Å²) in [6.07, 6.45) is 0.957. The summed E-state index contributed by atoms with van der Waals surface area (Å²) in [7, 11) is 0. The molecule has 0 aromatic heterocycles. The van der Waals surface area contributed by atoms with E-state index in [1.54, 1.807) is 0 Å². The van der Waals surface area contributed by atoms with Crippen LogP contribution in [0, 0.1) is 6.92 Å². The fraction of sp³-hybridized carbons (Fsp3) is 0.278. The average molecular weight is 283 g/mol. The lowest BCUT2D eigenvalue weighted by molar-refractivity contribution is -0.142. The summed E-state index contributed by atoms with van der Waals surface area (Å²) in [5, 5.41) is 13.0. The van der Waals surface area contributed by atoms with E-state index in [2.05, 4.69) is 5.32 Å². The van der Waals surface area contributed by atoms with Crippen molar-refractivity contribution in [2.24, 2.45) is 0 Å². The third kappa shape index (κ3) is 3.63. The van der Waals surface area contributed by atoms with Gasteiger partial charge in [-0.05, 0) is 31.0 Å². The van der Waals surface area contributed by atoms with Gasteiger partial charge in [-0.3, -0.25) is 0 Å². The monoisotopic (exact) mass is 283 g/mol. The number of carboxylic acid groups (broad SMARTS) is 1. The molecule has 2 N–H and O–H groups in total. The van der Waals surface area contributed by atoms with Gasteiger partial charge in [0, 0.05) is 12.1 Å². The van der Waals surface area contributed by atoms with Gasteiger partial charge >= 0.3 is 5.97 Å². The van der Waals surface area contributed by atoms with E-state index in [1.165, 1.54) is 0 Å². The van der Waals surface area contributed by atoms with Gasteiger partial charge in [-0.1, -0.05) is 55.0 Å². The minimum absolute atomic E-state index is 0.452. The average Bonchev–Trinajstić information content (AvgIpc) is 2.49. The molecule has 0 amide bonds. The van der Waals surface area contributed by atoms with E-state index < -0.39 is 11.5 Å². The molecule has 21 heavy (non-hydrogen) atoms. The Bertz CT molecular complexity index is 592. The Morgan fingerprint density at radius 3 is 2.24 bits per heavy atom. The zero-order valence-electron chi connectivity index (χ0n) is 12.5. The summed E-state index contributed by atoms with van der Waals surface area (Å²) >= 11 is 0. The quantitative estimate of drug-likeness (QED) is 0.845. The van der Waals surface area contributed by atoms with E-state index in [0.717, 1.165) is 16.8 Å². The maximum Gasteiger partial charge on any atom is 0.329 e. The Balaban J connectivity index is 2.28. The number of benzene rings is 2. The molecule has 0 spiro atoms. The van der Waals surface area contributed by atoms with Crippen LogP contribution < -0.4 is 5.32 Å². The van der Waals surface area contributed by atoms with Crippen molar-refractivity contribution in [3.05, 3.63) is 65.7 Å². The van der Waals surface area contributed by atoms with Crippen LogP contribution >= 0.6 is 0 Å². The highest BCUT2D eigenvalue weighted by molar-refractivity contribution is 5.83.